The van der Waals surface area contributed by atoms with E-state index in [1.54, 1.807) is 0 Å². The van der Waals surface area contributed by atoms with Crippen molar-refractivity contribution in [3.05, 3.63) is 36.0 Å². The molecule has 3 heteroatoms. The zero-order valence-electron chi connectivity index (χ0n) is 16.0. The molecular formula is C23H30O3. The Labute approximate surface area is 156 Å². The van der Waals surface area contributed by atoms with Crippen molar-refractivity contribution < 1.29 is 14.7 Å². The summed E-state index contributed by atoms with van der Waals surface area (Å²) in [5.74, 6) is 1.57. The van der Waals surface area contributed by atoms with Crippen molar-refractivity contribution in [3.8, 4) is 0 Å². The molecule has 6 atom stereocenters. The van der Waals surface area contributed by atoms with Crippen molar-refractivity contribution in [1.82, 2.24) is 0 Å². The summed E-state index contributed by atoms with van der Waals surface area (Å²) in [6.07, 6.45) is 12.4. The third kappa shape index (κ3) is 2.46. The molecule has 0 bridgehead atoms. The lowest BCUT2D eigenvalue weighted by molar-refractivity contribution is -0.137. The van der Waals surface area contributed by atoms with E-state index in [9.17, 15) is 9.59 Å². The first-order valence-electron chi connectivity index (χ1n) is 10.1. The van der Waals surface area contributed by atoms with Crippen LogP contribution in [-0.4, -0.2) is 16.9 Å². The fourth-order valence-corrected chi connectivity index (χ4v) is 6.86. The summed E-state index contributed by atoms with van der Waals surface area (Å²) < 4.78 is 0. The average molecular weight is 354 g/mol. The monoisotopic (exact) mass is 354 g/mol. The number of ketones is 1. The Morgan fingerprint density at radius 3 is 2.81 bits per heavy atom. The van der Waals surface area contributed by atoms with Crippen molar-refractivity contribution in [2.24, 2.45) is 34.5 Å². The zero-order chi connectivity index (χ0) is 18.7. The lowest BCUT2D eigenvalue weighted by Gasteiger charge is -2.56. The lowest BCUT2D eigenvalue weighted by atomic mass is 9.48. The van der Waals surface area contributed by atoms with Gasteiger partial charge in [0.2, 0.25) is 0 Å². The molecule has 3 nitrogen and oxygen atoms in total. The minimum atomic E-state index is -0.703. The smallest absolute Gasteiger partial charge is 0.303 e. The fourth-order valence-electron chi connectivity index (χ4n) is 6.86. The summed E-state index contributed by atoms with van der Waals surface area (Å²) in [5.41, 5.74) is 2.78. The Morgan fingerprint density at radius 1 is 1.31 bits per heavy atom. The second-order valence-electron chi connectivity index (χ2n) is 9.52. The van der Waals surface area contributed by atoms with Gasteiger partial charge in [-0.2, -0.15) is 0 Å². The molecule has 0 aliphatic heterocycles. The number of carboxylic acids is 1. The minimum Gasteiger partial charge on any atom is -0.481 e. The van der Waals surface area contributed by atoms with Crippen LogP contribution < -0.4 is 0 Å². The lowest BCUT2D eigenvalue weighted by Crippen LogP contribution is -2.48. The maximum Gasteiger partial charge on any atom is 0.303 e. The first-order chi connectivity index (χ1) is 12.3. The van der Waals surface area contributed by atoms with Crippen LogP contribution in [0.15, 0.2) is 36.0 Å². The molecular weight excluding hydrogens is 324 g/mol. The van der Waals surface area contributed by atoms with E-state index < -0.39 is 5.97 Å². The molecule has 0 saturated heterocycles. The SMILES string of the molecule is C=C1C[C@H]2[C@@H]3C=CC4=CC(=O)CC[C@]4(C)[C@H]3CC[C@]2(C)[C@@H]1CCC(=O)O. The van der Waals surface area contributed by atoms with Crippen molar-refractivity contribution in [3.63, 3.8) is 0 Å². The van der Waals surface area contributed by atoms with E-state index in [1.807, 2.05) is 6.08 Å². The fraction of sp³-hybridized carbons (Fsp3) is 0.652. The van der Waals surface area contributed by atoms with Crippen LogP contribution in [-0.2, 0) is 9.59 Å². The summed E-state index contributed by atoms with van der Waals surface area (Å²) >= 11 is 0. The van der Waals surface area contributed by atoms with E-state index in [0.29, 0.717) is 30.1 Å². The molecule has 0 heterocycles. The predicted molar refractivity (Wildman–Crippen MR) is 101 cm³/mol. The van der Waals surface area contributed by atoms with Gasteiger partial charge in [0, 0.05) is 12.8 Å². The first kappa shape index (κ1) is 17.8. The highest BCUT2D eigenvalue weighted by Crippen LogP contribution is 2.66. The Kier molecular flexibility index (Phi) is 4.05. The second-order valence-corrected chi connectivity index (χ2v) is 9.52. The molecule has 0 amide bonds. The van der Waals surface area contributed by atoms with E-state index in [-0.39, 0.29) is 23.0 Å². The average Bonchev–Trinajstić information content (AvgIpc) is 2.83. The van der Waals surface area contributed by atoms with Gasteiger partial charge in [0.05, 0.1) is 0 Å². The quantitative estimate of drug-likeness (QED) is 0.730. The summed E-state index contributed by atoms with van der Waals surface area (Å²) in [5, 5.41) is 9.14. The molecule has 4 aliphatic carbocycles. The number of hydrogen-bond acceptors (Lipinski definition) is 2. The molecule has 1 N–H and O–H groups in total. The number of aliphatic carboxylic acids is 1. The Morgan fingerprint density at radius 2 is 2.08 bits per heavy atom. The van der Waals surface area contributed by atoms with Gasteiger partial charge >= 0.3 is 5.97 Å². The Hall–Kier alpha value is -1.64. The topological polar surface area (TPSA) is 54.4 Å². The number of carbonyl (C=O) groups is 2. The van der Waals surface area contributed by atoms with E-state index in [2.05, 4.69) is 32.6 Å². The molecule has 0 aromatic rings. The van der Waals surface area contributed by atoms with Crippen LogP contribution in [0.25, 0.3) is 0 Å². The number of hydrogen-bond donors (Lipinski definition) is 1. The van der Waals surface area contributed by atoms with Gasteiger partial charge in [-0.1, -0.05) is 38.2 Å². The normalized spacial score (nSPS) is 44.2. The predicted octanol–water partition coefficient (Wildman–Crippen LogP) is 4.94. The van der Waals surface area contributed by atoms with E-state index in [4.69, 9.17) is 5.11 Å². The summed E-state index contributed by atoms with van der Waals surface area (Å²) in [4.78, 5) is 23.0. The molecule has 0 aromatic heterocycles. The molecule has 4 rings (SSSR count). The highest BCUT2D eigenvalue weighted by molar-refractivity contribution is 5.92. The van der Waals surface area contributed by atoms with E-state index >= 15 is 0 Å². The van der Waals surface area contributed by atoms with Gasteiger partial charge in [0.1, 0.15) is 0 Å². The number of fused-ring (bicyclic) bond motifs is 5. The minimum absolute atomic E-state index is 0.120. The van der Waals surface area contributed by atoms with Gasteiger partial charge in [0.15, 0.2) is 5.78 Å². The maximum absolute atomic E-state index is 11.9. The Balaban J connectivity index is 1.66. The molecule has 4 aliphatic rings. The zero-order valence-corrected chi connectivity index (χ0v) is 16.0. The van der Waals surface area contributed by atoms with Crippen LogP contribution in [0, 0.1) is 34.5 Å². The van der Waals surface area contributed by atoms with Gasteiger partial charge in [-0.25, -0.2) is 0 Å². The molecule has 140 valence electrons. The summed E-state index contributed by atoms with van der Waals surface area (Å²) in [6, 6.07) is 0. The molecule has 0 unspecified atom stereocenters. The van der Waals surface area contributed by atoms with Gasteiger partial charge in [0.25, 0.3) is 0 Å². The number of carbonyl (C=O) groups excluding carboxylic acids is 1. The van der Waals surface area contributed by atoms with Crippen molar-refractivity contribution in [2.75, 3.05) is 0 Å². The van der Waals surface area contributed by atoms with Gasteiger partial charge in [-0.05, 0) is 78.3 Å². The van der Waals surface area contributed by atoms with Crippen molar-refractivity contribution >= 4 is 11.8 Å². The molecule has 0 radical (unpaired) electrons. The molecule has 0 aromatic carbocycles. The molecule has 0 spiro atoms. The Bertz CT molecular complexity index is 730. The van der Waals surface area contributed by atoms with Gasteiger partial charge < -0.3 is 5.11 Å². The first-order valence-corrected chi connectivity index (χ1v) is 10.1. The van der Waals surface area contributed by atoms with Crippen LogP contribution >= 0.6 is 0 Å². The van der Waals surface area contributed by atoms with Crippen LogP contribution in [0.4, 0.5) is 0 Å². The van der Waals surface area contributed by atoms with E-state index in [0.717, 1.165) is 25.7 Å². The van der Waals surface area contributed by atoms with Gasteiger partial charge in [-0.15, -0.1) is 0 Å². The highest BCUT2D eigenvalue weighted by Gasteiger charge is 2.58. The van der Waals surface area contributed by atoms with Crippen LogP contribution in [0.5, 0.6) is 0 Å². The molecule has 26 heavy (non-hydrogen) atoms. The van der Waals surface area contributed by atoms with Crippen LogP contribution in [0.2, 0.25) is 0 Å². The van der Waals surface area contributed by atoms with E-state index in [1.165, 1.54) is 17.6 Å². The van der Waals surface area contributed by atoms with Crippen molar-refractivity contribution in [1.29, 1.82) is 0 Å². The molecule has 2 saturated carbocycles. The standard InChI is InChI=1S/C23H30O3/c1-14-12-20-17-5-4-15-13-16(24)8-10-22(15,2)19(17)9-11-23(20,3)18(14)6-7-21(25)26/h4-5,13,17-20H,1,6-12H2,2-3H3,(H,25,26)/t17-,18-,19+,20+,22+,23-/m1/s1. The van der Waals surface area contributed by atoms with Gasteiger partial charge in [-0.3, -0.25) is 9.59 Å². The summed E-state index contributed by atoms with van der Waals surface area (Å²) in [7, 11) is 0. The van der Waals surface area contributed by atoms with Crippen molar-refractivity contribution in [2.45, 2.75) is 58.8 Å². The number of rotatable bonds is 3. The third-order valence-corrected chi connectivity index (χ3v) is 8.37. The maximum atomic E-state index is 11.9. The molecule has 2 fully saturated rings. The van der Waals surface area contributed by atoms with Crippen LogP contribution in [0.3, 0.4) is 0 Å². The largest absolute Gasteiger partial charge is 0.481 e. The summed E-state index contributed by atoms with van der Waals surface area (Å²) in [6.45, 7) is 9.10. The number of carboxylic acid groups (broad SMARTS) is 1. The highest BCUT2D eigenvalue weighted by atomic mass is 16.4. The third-order valence-electron chi connectivity index (χ3n) is 8.37. The second kappa shape index (κ2) is 5.94. The number of allylic oxidation sites excluding steroid dienone is 5. The van der Waals surface area contributed by atoms with Crippen LogP contribution in [0.1, 0.15) is 58.8 Å².